The van der Waals surface area contributed by atoms with Crippen LogP contribution in [0.15, 0.2) is 18.2 Å². The molecular weight excluding hydrogens is 248 g/mol. The summed E-state index contributed by atoms with van der Waals surface area (Å²) in [7, 11) is 0. The molecule has 1 aromatic carbocycles. The molecule has 3 rings (SSSR count). The first-order valence-corrected chi connectivity index (χ1v) is 6.92. The fourth-order valence-electron chi connectivity index (χ4n) is 2.92. The van der Waals surface area contributed by atoms with Crippen molar-refractivity contribution in [1.29, 1.82) is 0 Å². The second-order valence-electron chi connectivity index (χ2n) is 5.56. The molecule has 3 atom stereocenters. The van der Waals surface area contributed by atoms with E-state index in [2.05, 4.69) is 11.8 Å². The van der Waals surface area contributed by atoms with Gasteiger partial charge in [-0.2, -0.15) is 0 Å². The number of benzene rings is 1. The zero-order chi connectivity index (χ0) is 12.7. The molecule has 3 nitrogen and oxygen atoms in total. The van der Waals surface area contributed by atoms with Gasteiger partial charge in [0.05, 0.1) is 0 Å². The van der Waals surface area contributed by atoms with E-state index in [1.165, 1.54) is 5.56 Å². The Morgan fingerprint density at radius 1 is 1.44 bits per heavy atom. The van der Waals surface area contributed by atoms with Crippen molar-refractivity contribution in [2.45, 2.75) is 25.5 Å². The zero-order valence-corrected chi connectivity index (χ0v) is 11.4. The van der Waals surface area contributed by atoms with Crippen LogP contribution in [0.25, 0.3) is 0 Å². The van der Waals surface area contributed by atoms with E-state index in [0.29, 0.717) is 12.0 Å². The van der Waals surface area contributed by atoms with Crippen molar-refractivity contribution in [2.75, 3.05) is 19.6 Å². The van der Waals surface area contributed by atoms with Crippen molar-refractivity contribution in [3.8, 4) is 5.75 Å². The van der Waals surface area contributed by atoms with Crippen molar-refractivity contribution in [2.24, 2.45) is 11.7 Å². The summed E-state index contributed by atoms with van der Waals surface area (Å²) in [4.78, 5) is 2.41. The highest BCUT2D eigenvalue weighted by atomic mass is 35.5. The van der Waals surface area contributed by atoms with Crippen LogP contribution in [0.1, 0.15) is 12.5 Å². The van der Waals surface area contributed by atoms with Crippen LogP contribution >= 0.6 is 11.6 Å². The third-order valence-electron chi connectivity index (χ3n) is 3.97. The average molecular weight is 267 g/mol. The number of likely N-dealkylation sites (tertiary alicyclic amines) is 1. The Labute approximate surface area is 113 Å². The highest BCUT2D eigenvalue weighted by Gasteiger charge is 2.31. The first-order valence-electron chi connectivity index (χ1n) is 6.55. The van der Waals surface area contributed by atoms with Crippen LogP contribution in [-0.2, 0) is 6.42 Å². The number of rotatable bonds is 2. The third kappa shape index (κ3) is 2.35. The van der Waals surface area contributed by atoms with Gasteiger partial charge in [-0.25, -0.2) is 0 Å². The lowest BCUT2D eigenvalue weighted by molar-refractivity contribution is 0.165. The molecule has 0 radical (unpaired) electrons. The predicted octanol–water partition coefficient (Wildman–Crippen LogP) is 1.92. The van der Waals surface area contributed by atoms with Crippen molar-refractivity contribution in [3.05, 3.63) is 28.8 Å². The monoisotopic (exact) mass is 266 g/mol. The van der Waals surface area contributed by atoms with Crippen LogP contribution < -0.4 is 10.5 Å². The van der Waals surface area contributed by atoms with Crippen molar-refractivity contribution < 1.29 is 4.74 Å². The van der Waals surface area contributed by atoms with E-state index in [1.54, 1.807) is 0 Å². The Kier molecular flexibility index (Phi) is 3.22. The number of nitrogens with zero attached hydrogens (tertiary/aromatic N) is 1. The second kappa shape index (κ2) is 4.72. The molecule has 98 valence electrons. The quantitative estimate of drug-likeness (QED) is 0.889. The lowest BCUT2D eigenvalue weighted by Gasteiger charge is -2.19. The van der Waals surface area contributed by atoms with Crippen LogP contribution in [0, 0.1) is 5.92 Å². The van der Waals surface area contributed by atoms with Crippen LogP contribution in [0.2, 0.25) is 5.02 Å². The number of hydrogen-bond donors (Lipinski definition) is 1. The fraction of sp³-hybridized carbons (Fsp3) is 0.571. The molecule has 1 aromatic rings. The Morgan fingerprint density at radius 3 is 3.00 bits per heavy atom. The van der Waals surface area contributed by atoms with E-state index in [4.69, 9.17) is 22.1 Å². The van der Waals surface area contributed by atoms with Gasteiger partial charge in [0, 0.05) is 37.1 Å². The molecule has 2 aliphatic rings. The van der Waals surface area contributed by atoms with Crippen LogP contribution in [-0.4, -0.2) is 36.7 Å². The molecule has 2 aliphatic heterocycles. The van der Waals surface area contributed by atoms with Gasteiger partial charge in [0.15, 0.2) is 0 Å². The minimum Gasteiger partial charge on any atom is -0.488 e. The molecule has 1 saturated heterocycles. The molecule has 0 spiro atoms. The van der Waals surface area contributed by atoms with Crippen LogP contribution in [0.4, 0.5) is 0 Å². The maximum Gasteiger partial charge on any atom is 0.123 e. The molecule has 0 aliphatic carbocycles. The molecule has 18 heavy (non-hydrogen) atoms. The summed E-state index contributed by atoms with van der Waals surface area (Å²) in [5.41, 5.74) is 7.27. The molecule has 2 N–H and O–H groups in total. The van der Waals surface area contributed by atoms with E-state index < -0.39 is 0 Å². The van der Waals surface area contributed by atoms with Gasteiger partial charge in [0.1, 0.15) is 11.9 Å². The smallest absolute Gasteiger partial charge is 0.123 e. The first-order chi connectivity index (χ1) is 8.61. The van der Waals surface area contributed by atoms with E-state index in [9.17, 15) is 0 Å². The molecule has 0 aromatic heterocycles. The summed E-state index contributed by atoms with van der Waals surface area (Å²) in [6.07, 6.45) is 1.20. The molecule has 3 unspecified atom stereocenters. The molecular formula is C14H19ClN2O. The van der Waals surface area contributed by atoms with Crippen LogP contribution in [0.5, 0.6) is 5.75 Å². The number of halogens is 1. The van der Waals surface area contributed by atoms with Gasteiger partial charge in [-0.3, -0.25) is 4.90 Å². The fourth-order valence-corrected chi connectivity index (χ4v) is 3.12. The molecule has 0 saturated carbocycles. The summed E-state index contributed by atoms with van der Waals surface area (Å²) >= 11 is 6.00. The van der Waals surface area contributed by atoms with E-state index in [1.807, 2.05) is 18.2 Å². The number of ether oxygens (including phenoxy) is 1. The topological polar surface area (TPSA) is 38.5 Å². The number of hydrogen-bond acceptors (Lipinski definition) is 3. The van der Waals surface area contributed by atoms with Gasteiger partial charge in [-0.15, -0.1) is 0 Å². The number of nitrogens with two attached hydrogens (primary N) is 1. The molecule has 0 amide bonds. The lowest BCUT2D eigenvalue weighted by Crippen LogP contribution is -2.35. The van der Waals surface area contributed by atoms with E-state index in [-0.39, 0.29) is 6.10 Å². The van der Waals surface area contributed by atoms with Gasteiger partial charge < -0.3 is 10.5 Å². The van der Waals surface area contributed by atoms with Gasteiger partial charge in [0.25, 0.3) is 0 Å². The maximum atomic E-state index is 6.05. The number of fused-ring (bicyclic) bond motifs is 1. The summed E-state index contributed by atoms with van der Waals surface area (Å²) in [6.45, 7) is 5.25. The molecule has 1 fully saturated rings. The standard InChI is InChI=1S/C14H19ClN2O/c1-9-6-17(8-13(9)16)7-12-5-10-4-11(15)2-3-14(10)18-12/h2-4,9,12-13H,5-8,16H2,1H3. The van der Waals surface area contributed by atoms with Crippen molar-refractivity contribution in [3.63, 3.8) is 0 Å². The largest absolute Gasteiger partial charge is 0.488 e. The summed E-state index contributed by atoms with van der Waals surface area (Å²) < 4.78 is 5.95. The van der Waals surface area contributed by atoms with Gasteiger partial charge in [-0.1, -0.05) is 18.5 Å². The summed E-state index contributed by atoms with van der Waals surface area (Å²) in [5, 5.41) is 0.787. The van der Waals surface area contributed by atoms with Crippen LogP contribution in [0.3, 0.4) is 0 Å². The average Bonchev–Trinajstić information content (AvgIpc) is 2.82. The Bertz CT molecular complexity index is 441. The van der Waals surface area contributed by atoms with Gasteiger partial charge in [0.2, 0.25) is 0 Å². The molecule has 0 bridgehead atoms. The molecule has 4 heteroatoms. The Balaban J connectivity index is 1.61. The normalized spacial score (nSPS) is 31.4. The predicted molar refractivity (Wildman–Crippen MR) is 73.2 cm³/mol. The second-order valence-corrected chi connectivity index (χ2v) is 5.99. The minimum absolute atomic E-state index is 0.246. The third-order valence-corrected chi connectivity index (χ3v) is 4.21. The molecule has 2 heterocycles. The summed E-state index contributed by atoms with van der Waals surface area (Å²) in [5.74, 6) is 1.57. The Morgan fingerprint density at radius 2 is 2.28 bits per heavy atom. The first kappa shape index (κ1) is 12.3. The Hall–Kier alpha value is -0.770. The summed E-state index contributed by atoms with van der Waals surface area (Å²) in [6, 6.07) is 6.17. The van der Waals surface area contributed by atoms with Gasteiger partial charge in [-0.05, 0) is 29.7 Å². The SMILES string of the molecule is CC1CN(CC2Cc3cc(Cl)ccc3O2)CC1N. The lowest BCUT2D eigenvalue weighted by atomic mass is 10.1. The zero-order valence-electron chi connectivity index (χ0n) is 10.6. The maximum absolute atomic E-state index is 6.05. The highest BCUT2D eigenvalue weighted by Crippen LogP contribution is 2.31. The van der Waals surface area contributed by atoms with E-state index >= 15 is 0 Å². The minimum atomic E-state index is 0.246. The van der Waals surface area contributed by atoms with Crippen molar-refractivity contribution in [1.82, 2.24) is 4.90 Å². The van der Waals surface area contributed by atoms with E-state index in [0.717, 1.165) is 36.8 Å². The highest BCUT2D eigenvalue weighted by molar-refractivity contribution is 6.30. The van der Waals surface area contributed by atoms with Crippen molar-refractivity contribution >= 4 is 11.6 Å². The van der Waals surface area contributed by atoms with Gasteiger partial charge >= 0.3 is 0 Å².